The molecule has 132 valence electrons. The molecule has 0 bridgehead atoms. The van der Waals surface area contributed by atoms with E-state index in [-0.39, 0.29) is 0 Å². The molecular weight excluding hydrogens is 308 g/mol. The van der Waals surface area contributed by atoms with Crippen molar-refractivity contribution >= 4 is 5.91 Å². The van der Waals surface area contributed by atoms with Gasteiger partial charge in [0.25, 0.3) is 0 Å². The summed E-state index contributed by atoms with van der Waals surface area (Å²) in [5, 5.41) is 3.92. The lowest BCUT2D eigenvalue weighted by atomic mass is 9.72. The minimum atomic E-state index is 0.336. The molecule has 1 aromatic rings. The highest BCUT2D eigenvalue weighted by Crippen LogP contribution is 2.43. The Hall–Kier alpha value is -1.47. The normalized spacial score (nSPS) is 24.7. The maximum atomic E-state index is 12.1. The number of methoxy groups -OCH3 is 1. The Morgan fingerprint density at radius 2 is 2.08 bits per heavy atom. The molecule has 2 aliphatic heterocycles. The molecule has 0 N–H and O–H groups in total. The van der Waals surface area contributed by atoms with E-state index < -0.39 is 0 Å². The molecule has 3 heterocycles. The molecule has 1 spiro atoms. The maximum absolute atomic E-state index is 12.1. The summed E-state index contributed by atoms with van der Waals surface area (Å²) in [5.74, 6) is 1.64. The first-order valence-electron chi connectivity index (χ1n) is 9.00. The fourth-order valence-electron chi connectivity index (χ4n) is 4.09. The molecule has 0 atom stereocenters. The van der Waals surface area contributed by atoms with Crippen LogP contribution >= 0.6 is 0 Å². The van der Waals surface area contributed by atoms with Crippen molar-refractivity contribution in [2.45, 2.75) is 57.7 Å². The number of aromatic nitrogens is 2. The van der Waals surface area contributed by atoms with Gasteiger partial charge in [-0.25, -0.2) is 0 Å². The predicted molar refractivity (Wildman–Crippen MR) is 85.9 cm³/mol. The van der Waals surface area contributed by atoms with E-state index in [4.69, 9.17) is 9.26 Å². The zero-order chi connectivity index (χ0) is 16.6. The molecule has 2 saturated heterocycles. The highest BCUT2D eigenvalue weighted by atomic mass is 16.5. The lowest BCUT2D eigenvalue weighted by Crippen LogP contribution is -2.52. The third kappa shape index (κ3) is 3.32. The van der Waals surface area contributed by atoms with Gasteiger partial charge in [0.2, 0.25) is 11.8 Å². The van der Waals surface area contributed by atoms with E-state index in [1.165, 1.54) is 12.8 Å². The summed E-state index contributed by atoms with van der Waals surface area (Å²) >= 11 is 0. The highest BCUT2D eigenvalue weighted by molar-refractivity contribution is 5.77. The Morgan fingerprint density at radius 3 is 2.79 bits per heavy atom. The van der Waals surface area contributed by atoms with Crippen LogP contribution in [0.15, 0.2) is 4.52 Å². The van der Waals surface area contributed by atoms with E-state index >= 15 is 0 Å². The van der Waals surface area contributed by atoms with Gasteiger partial charge in [-0.15, -0.1) is 0 Å². The molecule has 1 aliphatic carbocycles. The van der Waals surface area contributed by atoms with E-state index in [0.29, 0.717) is 42.2 Å². The summed E-state index contributed by atoms with van der Waals surface area (Å²) in [6, 6.07) is 0.547. The van der Waals surface area contributed by atoms with Crippen molar-refractivity contribution in [3.63, 3.8) is 0 Å². The monoisotopic (exact) mass is 334 g/mol. The second kappa shape index (κ2) is 6.44. The van der Waals surface area contributed by atoms with Crippen LogP contribution in [0.3, 0.4) is 0 Å². The molecule has 24 heavy (non-hydrogen) atoms. The SMILES string of the molecule is COCc1noc(CN2CCC3(CCC(=O)N(C4CC4)C3)CC2)n1. The maximum Gasteiger partial charge on any atom is 0.240 e. The van der Waals surface area contributed by atoms with Crippen molar-refractivity contribution in [2.75, 3.05) is 26.7 Å². The Kier molecular flexibility index (Phi) is 4.30. The number of hydrogen-bond donors (Lipinski definition) is 0. The molecule has 3 fully saturated rings. The second-order valence-electron chi connectivity index (χ2n) is 7.57. The van der Waals surface area contributed by atoms with E-state index in [9.17, 15) is 4.79 Å². The smallest absolute Gasteiger partial charge is 0.240 e. The zero-order valence-electron chi connectivity index (χ0n) is 14.4. The first kappa shape index (κ1) is 16.0. The van der Waals surface area contributed by atoms with Gasteiger partial charge in [0.1, 0.15) is 6.61 Å². The predicted octanol–water partition coefficient (Wildman–Crippen LogP) is 1.58. The van der Waals surface area contributed by atoms with Crippen molar-refractivity contribution in [3.8, 4) is 0 Å². The Balaban J connectivity index is 1.31. The molecule has 7 nitrogen and oxygen atoms in total. The van der Waals surface area contributed by atoms with Crippen molar-refractivity contribution in [1.29, 1.82) is 0 Å². The van der Waals surface area contributed by atoms with Crippen LogP contribution in [-0.2, 0) is 22.7 Å². The van der Waals surface area contributed by atoms with Crippen LogP contribution in [0.25, 0.3) is 0 Å². The van der Waals surface area contributed by atoms with E-state index in [0.717, 1.165) is 45.3 Å². The third-order valence-corrected chi connectivity index (χ3v) is 5.74. The van der Waals surface area contributed by atoms with Crippen LogP contribution in [0.5, 0.6) is 0 Å². The largest absolute Gasteiger partial charge is 0.377 e. The van der Waals surface area contributed by atoms with Crippen molar-refractivity contribution in [2.24, 2.45) is 5.41 Å². The second-order valence-corrected chi connectivity index (χ2v) is 7.57. The Bertz CT molecular complexity index is 590. The van der Waals surface area contributed by atoms with Gasteiger partial charge in [0.05, 0.1) is 6.54 Å². The number of hydrogen-bond acceptors (Lipinski definition) is 6. The molecule has 4 rings (SSSR count). The summed E-state index contributed by atoms with van der Waals surface area (Å²) in [6.07, 6.45) is 6.51. The molecular formula is C17H26N4O3. The minimum absolute atomic E-state index is 0.336. The fourth-order valence-corrected chi connectivity index (χ4v) is 4.09. The number of carbonyl (C=O) groups excluding carboxylic acids is 1. The fraction of sp³-hybridized carbons (Fsp3) is 0.824. The average Bonchev–Trinajstić information content (AvgIpc) is 3.34. The summed E-state index contributed by atoms with van der Waals surface area (Å²) < 4.78 is 10.3. The Morgan fingerprint density at radius 1 is 1.29 bits per heavy atom. The van der Waals surface area contributed by atoms with E-state index in [2.05, 4.69) is 19.9 Å². The van der Waals surface area contributed by atoms with Gasteiger partial charge in [-0.1, -0.05) is 5.16 Å². The van der Waals surface area contributed by atoms with Crippen LogP contribution in [0, 0.1) is 5.41 Å². The van der Waals surface area contributed by atoms with Gasteiger partial charge in [-0.2, -0.15) is 4.98 Å². The van der Waals surface area contributed by atoms with E-state index in [1.807, 2.05) is 0 Å². The number of nitrogens with zero attached hydrogens (tertiary/aromatic N) is 4. The molecule has 0 radical (unpaired) electrons. The lowest BCUT2D eigenvalue weighted by Gasteiger charge is -2.47. The number of carbonyl (C=O) groups is 1. The quantitative estimate of drug-likeness (QED) is 0.814. The van der Waals surface area contributed by atoms with Crippen LogP contribution in [-0.4, -0.2) is 58.6 Å². The molecule has 1 saturated carbocycles. The summed E-state index contributed by atoms with van der Waals surface area (Å²) in [4.78, 5) is 21.1. The summed E-state index contributed by atoms with van der Waals surface area (Å²) in [7, 11) is 1.62. The average molecular weight is 334 g/mol. The van der Waals surface area contributed by atoms with Crippen LogP contribution < -0.4 is 0 Å². The van der Waals surface area contributed by atoms with Gasteiger partial charge in [0.15, 0.2) is 5.82 Å². The first-order chi connectivity index (χ1) is 11.7. The van der Waals surface area contributed by atoms with Gasteiger partial charge in [0, 0.05) is 26.1 Å². The van der Waals surface area contributed by atoms with Crippen molar-refractivity contribution in [3.05, 3.63) is 11.7 Å². The van der Waals surface area contributed by atoms with Crippen LogP contribution in [0.4, 0.5) is 0 Å². The third-order valence-electron chi connectivity index (χ3n) is 5.74. The first-order valence-corrected chi connectivity index (χ1v) is 9.00. The zero-order valence-corrected chi connectivity index (χ0v) is 14.4. The lowest BCUT2D eigenvalue weighted by molar-refractivity contribution is -0.139. The molecule has 1 amide bonds. The Labute approximate surface area is 142 Å². The molecule has 0 unspecified atom stereocenters. The van der Waals surface area contributed by atoms with Crippen molar-refractivity contribution < 1.29 is 14.1 Å². The molecule has 1 aromatic heterocycles. The topological polar surface area (TPSA) is 71.7 Å². The van der Waals surface area contributed by atoms with Crippen LogP contribution in [0.2, 0.25) is 0 Å². The highest BCUT2D eigenvalue weighted by Gasteiger charge is 2.45. The standard InChI is InChI=1S/C17H26N4O3/c1-23-11-14-18-15(24-19-14)10-20-8-6-17(7-9-20)5-4-16(22)21(12-17)13-2-3-13/h13H,2-12H2,1H3. The number of rotatable bonds is 5. The summed E-state index contributed by atoms with van der Waals surface area (Å²) in [6.45, 7) is 4.14. The minimum Gasteiger partial charge on any atom is -0.377 e. The number of amides is 1. The summed E-state index contributed by atoms with van der Waals surface area (Å²) in [5.41, 5.74) is 0.336. The number of ether oxygens (including phenoxy) is 1. The van der Waals surface area contributed by atoms with Gasteiger partial charge in [-0.3, -0.25) is 9.69 Å². The van der Waals surface area contributed by atoms with Crippen LogP contribution in [0.1, 0.15) is 50.2 Å². The van der Waals surface area contributed by atoms with E-state index in [1.54, 1.807) is 7.11 Å². The van der Waals surface area contributed by atoms with Gasteiger partial charge >= 0.3 is 0 Å². The van der Waals surface area contributed by atoms with Crippen molar-refractivity contribution in [1.82, 2.24) is 19.9 Å². The molecule has 7 heteroatoms. The van der Waals surface area contributed by atoms with Gasteiger partial charge < -0.3 is 14.2 Å². The molecule has 3 aliphatic rings. The number of likely N-dealkylation sites (tertiary alicyclic amines) is 2. The number of piperidine rings is 2. The van der Waals surface area contributed by atoms with Gasteiger partial charge in [-0.05, 0) is 50.6 Å². The molecule has 0 aromatic carbocycles.